The molecule has 0 aromatic carbocycles. The first-order valence-corrected chi connectivity index (χ1v) is 7.26. The van der Waals surface area contributed by atoms with Crippen molar-refractivity contribution >= 4 is 0 Å². The van der Waals surface area contributed by atoms with Crippen LogP contribution in [0.1, 0.15) is 53.9 Å². The number of hydrogen-bond acceptors (Lipinski definition) is 2. The zero-order chi connectivity index (χ0) is 12.7. The summed E-state index contributed by atoms with van der Waals surface area (Å²) in [6.07, 6.45) is 4.12. The van der Waals surface area contributed by atoms with Crippen molar-refractivity contribution in [3.63, 3.8) is 0 Å². The lowest BCUT2D eigenvalue weighted by molar-refractivity contribution is 0.000318. The van der Waals surface area contributed by atoms with Crippen LogP contribution < -0.4 is 5.32 Å². The highest BCUT2D eigenvalue weighted by Gasteiger charge is 2.41. The number of piperazine rings is 1. The standard InChI is InChI=1S/C15H30N2/c1-12-10-16-6-7-17(12)13-8-14(2,3)11-15(4,5)9-13/h12-13,16H,6-11H2,1-5H3. The lowest BCUT2D eigenvalue weighted by Gasteiger charge is -2.51. The Balaban J connectivity index is 2.09. The van der Waals surface area contributed by atoms with Gasteiger partial charge in [-0.25, -0.2) is 0 Å². The molecule has 100 valence electrons. The van der Waals surface area contributed by atoms with Crippen molar-refractivity contribution in [2.24, 2.45) is 10.8 Å². The fraction of sp³-hybridized carbons (Fsp3) is 1.00. The fourth-order valence-corrected chi connectivity index (χ4v) is 4.42. The zero-order valence-corrected chi connectivity index (χ0v) is 12.3. The van der Waals surface area contributed by atoms with E-state index in [0.29, 0.717) is 16.9 Å². The first-order chi connectivity index (χ1) is 7.79. The maximum absolute atomic E-state index is 3.50. The van der Waals surface area contributed by atoms with Crippen LogP contribution in [0.5, 0.6) is 0 Å². The van der Waals surface area contributed by atoms with E-state index >= 15 is 0 Å². The van der Waals surface area contributed by atoms with Crippen LogP contribution in [0.4, 0.5) is 0 Å². The van der Waals surface area contributed by atoms with E-state index in [1.54, 1.807) is 0 Å². The Morgan fingerprint density at radius 1 is 1.06 bits per heavy atom. The number of nitrogens with zero attached hydrogens (tertiary/aromatic N) is 1. The maximum Gasteiger partial charge on any atom is 0.0195 e. The summed E-state index contributed by atoms with van der Waals surface area (Å²) in [6.45, 7) is 15.8. The molecule has 1 aliphatic heterocycles. The van der Waals surface area contributed by atoms with Gasteiger partial charge in [0.2, 0.25) is 0 Å². The third-order valence-corrected chi connectivity index (χ3v) is 4.56. The quantitative estimate of drug-likeness (QED) is 0.755. The molecule has 1 heterocycles. The highest BCUT2D eigenvalue weighted by atomic mass is 15.2. The molecule has 1 atom stereocenters. The summed E-state index contributed by atoms with van der Waals surface area (Å²) in [6, 6.07) is 1.50. The molecule has 2 heteroatoms. The van der Waals surface area contributed by atoms with Gasteiger partial charge >= 0.3 is 0 Å². The monoisotopic (exact) mass is 238 g/mol. The van der Waals surface area contributed by atoms with E-state index < -0.39 is 0 Å². The highest BCUT2D eigenvalue weighted by Crippen LogP contribution is 2.47. The molecule has 0 radical (unpaired) electrons. The largest absolute Gasteiger partial charge is 0.314 e. The average molecular weight is 238 g/mol. The van der Waals surface area contributed by atoms with Crippen LogP contribution in [0, 0.1) is 10.8 Å². The second kappa shape index (κ2) is 4.55. The van der Waals surface area contributed by atoms with Crippen LogP contribution in [-0.2, 0) is 0 Å². The van der Waals surface area contributed by atoms with Crippen molar-refractivity contribution in [1.29, 1.82) is 0 Å². The molecule has 2 fully saturated rings. The summed E-state index contributed by atoms with van der Waals surface area (Å²) in [5.74, 6) is 0. The van der Waals surface area contributed by atoms with Gasteiger partial charge in [-0.1, -0.05) is 27.7 Å². The summed E-state index contributed by atoms with van der Waals surface area (Å²) < 4.78 is 0. The van der Waals surface area contributed by atoms with Gasteiger partial charge in [0.15, 0.2) is 0 Å². The molecule has 0 aromatic rings. The summed E-state index contributed by atoms with van der Waals surface area (Å²) in [5.41, 5.74) is 1.02. The topological polar surface area (TPSA) is 15.3 Å². The molecule has 0 bridgehead atoms. The molecule has 1 aliphatic carbocycles. The maximum atomic E-state index is 3.50. The van der Waals surface area contributed by atoms with Gasteiger partial charge in [-0.2, -0.15) is 0 Å². The summed E-state index contributed by atoms with van der Waals surface area (Å²) >= 11 is 0. The van der Waals surface area contributed by atoms with Gasteiger partial charge in [0.05, 0.1) is 0 Å². The number of rotatable bonds is 1. The minimum atomic E-state index is 0.511. The minimum absolute atomic E-state index is 0.511. The van der Waals surface area contributed by atoms with Gasteiger partial charge in [-0.05, 0) is 37.0 Å². The molecule has 0 spiro atoms. The molecule has 0 aromatic heterocycles. The van der Waals surface area contributed by atoms with Crippen LogP contribution in [0.15, 0.2) is 0 Å². The summed E-state index contributed by atoms with van der Waals surface area (Å²) in [7, 11) is 0. The third-order valence-electron chi connectivity index (χ3n) is 4.56. The van der Waals surface area contributed by atoms with Gasteiger partial charge in [-0.3, -0.25) is 4.90 Å². The summed E-state index contributed by atoms with van der Waals surface area (Å²) in [4.78, 5) is 2.76. The predicted molar refractivity (Wildman–Crippen MR) is 74.2 cm³/mol. The van der Waals surface area contributed by atoms with Crippen LogP contribution >= 0.6 is 0 Å². The van der Waals surface area contributed by atoms with Gasteiger partial charge in [0, 0.05) is 31.7 Å². The smallest absolute Gasteiger partial charge is 0.0195 e. The Kier molecular flexibility index (Phi) is 3.57. The van der Waals surface area contributed by atoms with E-state index in [-0.39, 0.29) is 0 Å². The van der Waals surface area contributed by atoms with Gasteiger partial charge in [-0.15, -0.1) is 0 Å². The molecule has 1 saturated heterocycles. The lowest BCUT2D eigenvalue weighted by atomic mass is 9.63. The molecule has 0 amide bonds. The first kappa shape index (κ1) is 13.4. The highest BCUT2D eigenvalue weighted by molar-refractivity contribution is 4.95. The second-order valence-electron chi connectivity index (χ2n) is 7.86. The van der Waals surface area contributed by atoms with Crippen molar-refractivity contribution in [3.8, 4) is 0 Å². The Bertz CT molecular complexity index is 254. The zero-order valence-electron chi connectivity index (χ0n) is 12.3. The Labute approximate surface area is 107 Å². The van der Waals surface area contributed by atoms with Crippen LogP contribution in [0.3, 0.4) is 0 Å². The van der Waals surface area contributed by atoms with Gasteiger partial charge in [0.25, 0.3) is 0 Å². The number of nitrogens with one attached hydrogen (secondary N) is 1. The second-order valence-corrected chi connectivity index (χ2v) is 7.86. The molecular weight excluding hydrogens is 208 g/mol. The predicted octanol–water partition coefficient (Wildman–Crippen LogP) is 2.89. The van der Waals surface area contributed by atoms with E-state index in [9.17, 15) is 0 Å². The van der Waals surface area contributed by atoms with Crippen molar-refractivity contribution < 1.29 is 0 Å². The van der Waals surface area contributed by atoms with Gasteiger partial charge in [0.1, 0.15) is 0 Å². The first-order valence-electron chi connectivity index (χ1n) is 7.26. The molecule has 2 rings (SSSR count). The average Bonchev–Trinajstić information content (AvgIpc) is 2.13. The molecule has 1 unspecified atom stereocenters. The molecule has 2 aliphatic rings. The SMILES string of the molecule is CC1CNCCN1C1CC(C)(C)CC(C)(C)C1. The van der Waals surface area contributed by atoms with Crippen molar-refractivity contribution in [2.75, 3.05) is 19.6 Å². The third kappa shape index (κ3) is 3.23. The van der Waals surface area contributed by atoms with Crippen LogP contribution in [0.25, 0.3) is 0 Å². The van der Waals surface area contributed by atoms with Gasteiger partial charge < -0.3 is 5.32 Å². The normalized spacial score (nSPS) is 34.8. The molecule has 1 N–H and O–H groups in total. The molecule has 2 nitrogen and oxygen atoms in total. The lowest BCUT2D eigenvalue weighted by Crippen LogP contribution is -2.57. The minimum Gasteiger partial charge on any atom is -0.314 e. The van der Waals surface area contributed by atoms with Crippen molar-refractivity contribution in [2.45, 2.75) is 66.0 Å². The Hall–Kier alpha value is -0.0800. The van der Waals surface area contributed by atoms with Crippen molar-refractivity contribution in [1.82, 2.24) is 10.2 Å². The van der Waals surface area contributed by atoms with E-state index in [4.69, 9.17) is 0 Å². The molecular formula is C15H30N2. The Morgan fingerprint density at radius 3 is 2.18 bits per heavy atom. The van der Waals surface area contributed by atoms with E-state index in [1.807, 2.05) is 0 Å². The fourth-order valence-electron chi connectivity index (χ4n) is 4.42. The van der Waals surface area contributed by atoms with E-state index in [2.05, 4.69) is 44.8 Å². The molecule has 1 saturated carbocycles. The van der Waals surface area contributed by atoms with E-state index in [0.717, 1.165) is 12.6 Å². The van der Waals surface area contributed by atoms with Crippen LogP contribution in [0.2, 0.25) is 0 Å². The number of hydrogen-bond donors (Lipinski definition) is 1. The van der Waals surface area contributed by atoms with E-state index in [1.165, 1.54) is 32.4 Å². The van der Waals surface area contributed by atoms with Crippen molar-refractivity contribution in [3.05, 3.63) is 0 Å². The Morgan fingerprint density at radius 2 is 1.65 bits per heavy atom. The molecule has 17 heavy (non-hydrogen) atoms. The summed E-state index contributed by atoms with van der Waals surface area (Å²) in [5, 5.41) is 3.50. The van der Waals surface area contributed by atoms with Crippen LogP contribution in [-0.4, -0.2) is 36.6 Å².